The van der Waals surface area contributed by atoms with Crippen LogP contribution in [0, 0.1) is 0 Å². The van der Waals surface area contributed by atoms with E-state index in [1.54, 1.807) is 19.1 Å². The number of hydrogen-bond acceptors (Lipinski definition) is 11. The van der Waals surface area contributed by atoms with E-state index in [1.165, 1.54) is 0 Å². The molecule has 4 atom stereocenters. The van der Waals surface area contributed by atoms with Gasteiger partial charge in [-0.15, -0.1) is 0 Å². The molecule has 0 bridgehead atoms. The van der Waals surface area contributed by atoms with E-state index >= 15 is 0 Å². The zero-order valence-corrected chi connectivity index (χ0v) is 23.0. The van der Waals surface area contributed by atoms with Gasteiger partial charge >= 0.3 is 6.16 Å². The second-order valence-corrected chi connectivity index (χ2v) is 9.81. The summed E-state index contributed by atoms with van der Waals surface area (Å²) in [6.45, 7) is 4.38. The molecule has 4 aromatic rings. The number of carbonyl (C=O) groups excluding carboxylic acids is 1. The van der Waals surface area contributed by atoms with Crippen molar-refractivity contribution in [3.8, 4) is 17.1 Å². The number of rotatable bonds is 10. The Morgan fingerprint density at radius 3 is 2.52 bits per heavy atom. The zero-order chi connectivity index (χ0) is 29.2. The van der Waals surface area contributed by atoms with Gasteiger partial charge in [0.05, 0.1) is 30.8 Å². The van der Waals surface area contributed by atoms with E-state index in [0.717, 1.165) is 22.3 Å². The van der Waals surface area contributed by atoms with Gasteiger partial charge in [-0.2, -0.15) is 4.98 Å². The number of aliphatic imine (C=N–C) groups is 1. The van der Waals surface area contributed by atoms with Gasteiger partial charge in [-0.3, -0.25) is 4.57 Å². The van der Waals surface area contributed by atoms with Gasteiger partial charge in [0.2, 0.25) is 0 Å². The molecule has 2 aliphatic heterocycles. The maximum absolute atomic E-state index is 11.4. The predicted molar refractivity (Wildman–Crippen MR) is 150 cm³/mol. The van der Waals surface area contributed by atoms with Crippen molar-refractivity contribution in [1.29, 1.82) is 0 Å². The molecule has 3 heterocycles. The molecule has 0 spiro atoms. The number of amidine groups is 1. The summed E-state index contributed by atoms with van der Waals surface area (Å²) in [5, 5.41) is 20.7. The van der Waals surface area contributed by atoms with E-state index in [0.29, 0.717) is 41.6 Å². The van der Waals surface area contributed by atoms with Crippen LogP contribution in [0.15, 0.2) is 71.7 Å². The number of ether oxygens (including phenoxy) is 4. The fourth-order valence-electron chi connectivity index (χ4n) is 5.01. The second kappa shape index (κ2) is 11.8. The van der Waals surface area contributed by atoms with Crippen LogP contribution in [0.1, 0.15) is 36.8 Å². The molecule has 42 heavy (non-hydrogen) atoms. The van der Waals surface area contributed by atoms with Crippen molar-refractivity contribution >= 4 is 23.0 Å². The minimum atomic E-state index is -1.31. The van der Waals surface area contributed by atoms with E-state index in [1.807, 2.05) is 66.1 Å². The molecule has 12 nitrogen and oxygen atoms in total. The largest absolute Gasteiger partial charge is 0.509 e. The molecule has 12 heteroatoms. The van der Waals surface area contributed by atoms with Gasteiger partial charge in [0.25, 0.3) is 12.4 Å². The average molecular weight is 575 g/mol. The summed E-state index contributed by atoms with van der Waals surface area (Å²) in [6, 6.07) is 21.6. The third kappa shape index (κ3) is 5.52. The summed E-state index contributed by atoms with van der Waals surface area (Å²) in [6.07, 6.45) is -4.40. The number of cyclic esters (lactones) is 2. The number of para-hydroxylation sites is 1. The first kappa shape index (κ1) is 27.7. The van der Waals surface area contributed by atoms with Gasteiger partial charge in [-0.05, 0) is 36.6 Å². The van der Waals surface area contributed by atoms with E-state index in [2.05, 4.69) is 15.5 Å². The fraction of sp³-hybridized carbons (Fsp3) is 0.300. The maximum atomic E-state index is 11.4. The number of carbonyl (C=O) groups is 1. The van der Waals surface area contributed by atoms with Gasteiger partial charge in [0.15, 0.2) is 18.2 Å². The van der Waals surface area contributed by atoms with Crippen molar-refractivity contribution < 1.29 is 38.8 Å². The standard InChI is InChI=1S/C30H30N4O8/c1-3-38-28-31-23-10-6-9-22(27(35)39-16-24-17(2)40-30(37)41-24)25(23)34(28)15-18-11-13-19(14-12-18)20-7-4-5-8-21(20)26-32-29(36)42-33-26/h4-14,17,24,27,29,35-36H,3,15-16H2,1-2H3,(H,32,33). The smallest absolute Gasteiger partial charge is 0.465 e. The molecule has 3 aromatic carbocycles. The normalized spacial score (nSPS) is 20.6. The molecular formula is C30H30N4O8. The molecule has 6 rings (SSSR count). The van der Waals surface area contributed by atoms with Crippen molar-refractivity contribution in [3.05, 3.63) is 83.4 Å². The molecule has 0 radical (unpaired) electrons. The zero-order valence-electron chi connectivity index (χ0n) is 23.0. The summed E-state index contributed by atoms with van der Waals surface area (Å²) in [5.74, 6) is 0.454. The van der Waals surface area contributed by atoms with Gasteiger partial charge < -0.3 is 29.2 Å². The molecule has 0 amide bonds. The Labute approximate surface area is 241 Å². The molecular weight excluding hydrogens is 544 g/mol. The summed E-state index contributed by atoms with van der Waals surface area (Å²) >= 11 is 0. The van der Waals surface area contributed by atoms with Crippen LogP contribution in [0.5, 0.6) is 6.01 Å². The monoisotopic (exact) mass is 574 g/mol. The first-order valence-corrected chi connectivity index (χ1v) is 13.6. The van der Waals surface area contributed by atoms with Gasteiger partial charge in [-0.1, -0.05) is 60.7 Å². The SMILES string of the molecule is CCOc1nc2cccc(C(O)OCC3OC(=O)OC3C)c2n1Cc1ccc(-c2ccccc2C2=NC(O)ON2)cc1. The molecule has 3 N–H and O–H groups in total. The molecule has 0 aliphatic carbocycles. The van der Waals surface area contributed by atoms with Crippen LogP contribution in [0.2, 0.25) is 0 Å². The summed E-state index contributed by atoms with van der Waals surface area (Å²) < 4.78 is 23.6. The lowest BCUT2D eigenvalue weighted by atomic mass is 9.98. The van der Waals surface area contributed by atoms with Crippen LogP contribution in [-0.2, 0) is 25.6 Å². The number of imidazole rings is 1. The third-order valence-corrected chi connectivity index (χ3v) is 7.06. The molecule has 0 saturated carbocycles. The van der Waals surface area contributed by atoms with E-state index in [-0.39, 0.29) is 6.61 Å². The van der Waals surface area contributed by atoms with Crippen molar-refractivity contribution in [2.24, 2.45) is 4.99 Å². The number of nitrogens with zero attached hydrogens (tertiary/aromatic N) is 3. The lowest BCUT2D eigenvalue weighted by Gasteiger charge is -2.18. The van der Waals surface area contributed by atoms with Crippen LogP contribution < -0.4 is 10.2 Å². The summed E-state index contributed by atoms with van der Waals surface area (Å²) in [7, 11) is 0. The molecule has 1 aromatic heterocycles. The van der Waals surface area contributed by atoms with Crippen molar-refractivity contribution in [1.82, 2.24) is 15.0 Å². The average Bonchev–Trinajstić information content (AvgIpc) is 3.68. The third-order valence-electron chi connectivity index (χ3n) is 7.06. The lowest BCUT2D eigenvalue weighted by Crippen LogP contribution is -2.26. The number of hydrogen-bond donors (Lipinski definition) is 3. The fourth-order valence-corrected chi connectivity index (χ4v) is 5.01. The Balaban J connectivity index is 1.28. The highest BCUT2D eigenvalue weighted by Gasteiger charge is 2.34. The second-order valence-electron chi connectivity index (χ2n) is 9.81. The van der Waals surface area contributed by atoms with Gasteiger partial charge in [0.1, 0.15) is 6.10 Å². The number of nitrogens with one attached hydrogen (secondary N) is 1. The maximum Gasteiger partial charge on any atom is 0.509 e. The predicted octanol–water partition coefficient (Wildman–Crippen LogP) is 3.64. The topological polar surface area (TPSA) is 146 Å². The van der Waals surface area contributed by atoms with Gasteiger partial charge in [-0.25, -0.2) is 20.1 Å². The Bertz CT molecular complexity index is 1620. The first-order chi connectivity index (χ1) is 20.4. The van der Waals surface area contributed by atoms with E-state index < -0.39 is 31.1 Å². The number of hydroxylamine groups is 1. The first-order valence-electron chi connectivity index (χ1n) is 13.6. The molecule has 4 unspecified atom stereocenters. The van der Waals surface area contributed by atoms with Crippen LogP contribution in [0.25, 0.3) is 22.2 Å². The summed E-state index contributed by atoms with van der Waals surface area (Å²) in [4.78, 5) is 25.1. The summed E-state index contributed by atoms with van der Waals surface area (Å²) in [5.41, 5.74) is 8.13. The highest BCUT2D eigenvalue weighted by atomic mass is 16.8. The molecule has 1 fully saturated rings. The lowest BCUT2D eigenvalue weighted by molar-refractivity contribution is -0.123. The Kier molecular flexibility index (Phi) is 7.76. The quantitative estimate of drug-likeness (QED) is 0.190. The van der Waals surface area contributed by atoms with Crippen LogP contribution in [0.3, 0.4) is 0 Å². The van der Waals surface area contributed by atoms with E-state index in [4.69, 9.17) is 23.8 Å². The highest BCUT2D eigenvalue weighted by Crippen LogP contribution is 2.32. The number of benzene rings is 3. The van der Waals surface area contributed by atoms with E-state index in [9.17, 15) is 15.0 Å². The number of aliphatic hydroxyl groups is 2. The molecule has 2 aliphatic rings. The van der Waals surface area contributed by atoms with Gasteiger partial charge in [0, 0.05) is 11.1 Å². The number of aliphatic hydroxyl groups excluding tert-OH is 2. The van der Waals surface area contributed by atoms with Crippen molar-refractivity contribution in [2.45, 2.75) is 45.3 Å². The van der Waals surface area contributed by atoms with Crippen LogP contribution >= 0.6 is 0 Å². The number of aromatic nitrogens is 2. The number of fused-ring (bicyclic) bond motifs is 1. The van der Waals surface area contributed by atoms with Crippen LogP contribution in [-0.4, -0.2) is 63.6 Å². The minimum Gasteiger partial charge on any atom is -0.465 e. The Morgan fingerprint density at radius 1 is 1.05 bits per heavy atom. The Morgan fingerprint density at radius 2 is 1.83 bits per heavy atom. The molecule has 218 valence electrons. The van der Waals surface area contributed by atoms with Crippen LogP contribution in [0.4, 0.5) is 4.79 Å². The van der Waals surface area contributed by atoms with Crippen molar-refractivity contribution in [2.75, 3.05) is 13.2 Å². The highest BCUT2D eigenvalue weighted by molar-refractivity contribution is 6.04. The van der Waals surface area contributed by atoms with Crippen molar-refractivity contribution in [3.63, 3.8) is 0 Å². The molecule has 1 saturated heterocycles. The Hall–Kier alpha value is -4.49. The minimum absolute atomic E-state index is 0.0348.